The molecule has 0 radical (unpaired) electrons. The van der Waals surface area contributed by atoms with E-state index in [2.05, 4.69) is 93.3 Å². The van der Waals surface area contributed by atoms with Crippen molar-refractivity contribution in [1.82, 2.24) is 14.8 Å². The van der Waals surface area contributed by atoms with Crippen LogP contribution in [-0.2, 0) is 26.5 Å². The van der Waals surface area contributed by atoms with Crippen LogP contribution in [0.15, 0.2) is 109 Å². The third-order valence-electron chi connectivity index (χ3n) is 7.33. The van der Waals surface area contributed by atoms with Crippen LogP contribution >= 0.6 is 0 Å². The van der Waals surface area contributed by atoms with E-state index in [4.69, 9.17) is 14.6 Å². The number of aryl methyl sites for hydroxylation is 1. The molecule has 0 aliphatic carbocycles. The van der Waals surface area contributed by atoms with Gasteiger partial charge in [0.25, 0.3) is 0 Å². The zero-order valence-electron chi connectivity index (χ0n) is 25.4. The SMILES string of the molecule is Cc1nn(-c2[c-]c(Oc3[c-]c(Oc4cc(C(C)(C)C)ccn4)ccc3)ccc2)c(C)c1-c1ccc(-c2ccccc2)cc1.[Pt+2]. The Morgan fingerprint density at radius 1 is 0.659 bits per heavy atom. The van der Waals surface area contributed by atoms with Crippen molar-refractivity contribution in [2.75, 3.05) is 0 Å². The van der Waals surface area contributed by atoms with Crippen molar-refractivity contribution in [3.05, 3.63) is 138 Å². The van der Waals surface area contributed by atoms with Gasteiger partial charge in [0, 0.05) is 40.8 Å². The van der Waals surface area contributed by atoms with E-state index in [0.717, 1.165) is 33.8 Å². The first-order chi connectivity index (χ1) is 20.7. The molecule has 0 saturated carbocycles. The van der Waals surface area contributed by atoms with Gasteiger partial charge >= 0.3 is 21.1 Å². The van der Waals surface area contributed by atoms with Crippen molar-refractivity contribution in [2.45, 2.75) is 40.0 Å². The van der Waals surface area contributed by atoms with Gasteiger partial charge in [-0.15, -0.1) is 30.3 Å². The maximum Gasteiger partial charge on any atom is 2.00 e. The summed E-state index contributed by atoms with van der Waals surface area (Å²) in [5.74, 6) is 2.11. The summed E-state index contributed by atoms with van der Waals surface area (Å²) in [6, 6.07) is 40.9. The Hall–Kier alpha value is -4.47. The minimum atomic E-state index is -0.00416. The predicted molar refractivity (Wildman–Crippen MR) is 171 cm³/mol. The van der Waals surface area contributed by atoms with Gasteiger partial charge in [0.15, 0.2) is 0 Å². The Morgan fingerprint density at radius 2 is 1.27 bits per heavy atom. The number of nitrogens with zero attached hydrogens (tertiary/aromatic N) is 3. The summed E-state index contributed by atoms with van der Waals surface area (Å²) in [5, 5.41) is 4.87. The van der Waals surface area contributed by atoms with E-state index in [0.29, 0.717) is 23.1 Å². The van der Waals surface area contributed by atoms with Crippen molar-refractivity contribution in [2.24, 2.45) is 0 Å². The number of pyridine rings is 1. The average molecular weight is 759 g/mol. The Morgan fingerprint density at radius 3 is 1.98 bits per heavy atom. The molecule has 0 aliphatic heterocycles. The third kappa shape index (κ3) is 6.85. The standard InChI is InChI=1S/C38H33N3O2.Pt/c1-26-37(30-19-17-29(18-20-30)28-11-7-6-8-12-28)27(2)41(40-26)32-13-9-14-33(24-32)42-34-15-10-16-35(25-34)43-36-23-31(21-22-39-36)38(3,4)5;/h6-23H,1-5H3;/q-2;+2. The molecule has 6 rings (SSSR count). The van der Waals surface area contributed by atoms with E-state index in [1.807, 2.05) is 66.2 Å². The van der Waals surface area contributed by atoms with E-state index < -0.39 is 0 Å². The number of rotatable bonds is 7. The summed E-state index contributed by atoms with van der Waals surface area (Å²) < 4.78 is 14.1. The maximum absolute atomic E-state index is 6.16. The molecule has 0 atom stereocenters. The summed E-state index contributed by atoms with van der Waals surface area (Å²) in [4.78, 5) is 4.37. The van der Waals surface area contributed by atoms with Gasteiger partial charge in [-0.05, 0) is 53.3 Å². The Labute approximate surface area is 273 Å². The van der Waals surface area contributed by atoms with Crippen LogP contribution in [0, 0.1) is 26.0 Å². The van der Waals surface area contributed by atoms with E-state index >= 15 is 0 Å². The molecule has 0 aliphatic rings. The second kappa shape index (κ2) is 13.0. The molecule has 6 heteroatoms. The Bertz CT molecular complexity index is 1870. The quantitative estimate of drug-likeness (QED) is 0.152. The van der Waals surface area contributed by atoms with Gasteiger partial charge in [-0.2, -0.15) is 17.2 Å². The van der Waals surface area contributed by atoms with Crippen LogP contribution in [0.3, 0.4) is 0 Å². The molecule has 0 fully saturated rings. The van der Waals surface area contributed by atoms with E-state index in [-0.39, 0.29) is 26.5 Å². The molecule has 2 heterocycles. The average Bonchev–Trinajstić information content (AvgIpc) is 3.31. The molecular formula is C38H33N3O2Pt. The molecule has 5 nitrogen and oxygen atoms in total. The van der Waals surface area contributed by atoms with E-state index in [9.17, 15) is 0 Å². The first-order valence-corrected chi connectivity index (χ1v) is 14.3. The number of benzene rings is 4. The zero-order valence-corrected chi connectivity index (χ0v) is 27.6. The van der Waals surface area contributed by atoms with Gasteiger partial charge in [-0.3, -0.25) is 4.68 Å². The molecule has 0 amide bonds. The minimum absolute atomic E-state index is 0. The zero-order chi connectivity index (χ0) is 30.0. The van der Waals surface area contributed by atoms with Gasteiger partial charge in [-0.25, -0.2) is 4.98 Å². The van der Waals surface area contributed by atoms with Gasteiger partial charge < -0.3 is 9.47 Å². The monoisotopic (exact) mass is 758 g/mol. The molecular weight excluding hydrogens is 726 g/mol. The first kappa shape index (κ1) is 31.0. The molecule has 222 valence electrons. The van der Waals surface area contributed by atoms with E-state index in [1.54, 1.807) is 6.20 Å². The van der Waals surface area contributed by atoms with Crippen molar-refractivity contribution < 1.29 is 30.5 Å². The van der Waals surface area contributed by atoms with Crippen molar-refractivity contribution in [1.29, 1.82) is 0 Å². The first-order valence-electron chi connectivity index (χ1n) is 14.3. The molecule has 0 N–H and O–H groups in total. The second-order valence-corrected chi connectivity index (χ2v) is 11.5. The maximum atomic E-state index is 6.16. The van der Waals surface area contributed by atoms with Crippen LogP contribution in [0.25, 0.3) is 27.9 Å². The molecule has 0 unspecified atom stereocenters. The van der Waals surface area contributed by atoms with Crippen LogP contribution in [0.1, 0.15) is 37.7 Å². The molecule has 44 heavy (non-hydrogen) atoms. The van der Waals surface area contributed by atoms with Crippen LogP contribution in [0.2, 0.25) is 0 Å². The van der Waals surface area contributed by atoms with Gasteiger partial charge in [0.1, 0.15) is 0 Å². The molecule has 4 aromatic carbocycles. The molecule has 0 spiro atoms. The number of aromatic nitrogens is 3. The molecule has 6 aromatic rings. The fraction of sp³-hybridized carbons (Fsp3) is 0.158. The normalized spacial score (nSPS) is 11.1. The molecule has 2 aromatic heterocycles. The van der Waals surface area contributed by atoms with Gasteiger partial charge in [0.05, 0.1) is 5.69 Å². The Kier molecular flexibility index (Phi) is 9.17. The smallest absolute Gasteiger partial charge is 0.509 e. The van der Waals surface area contributed by atoms with Crippen LogP contribution in [0.5, 0.6) is 23.1 Å². The largest absolute Gasteiger partial charge is 2.00 e. The minimum Gasteiger partial charge on any atom is -0.509 e. The number of hydrogen-bond acceptors (Lipinski definition) is 4. The molecule has 0 bridgehead atoms. The summed E-state index contributed by atoms with van der Waals surface area (Å²) >= 11 is 0. The fourth-order valence-electron chi connectivity index (χ4n) is 5.08. The van der Waals surface area contributed by atoms with Crippen LogP contribution in [-0.4, -0.2) is 14.8 Å². The summed E-state index contributed by atoms with van der Waals surface area (Å²) in [7, 11) is 0. The van der Waals surface area contributed by atoms with Crippen molar-refractivity contribution >= 4 is 0 Å². The topological polar surface area (TPSA) is 49.2 Å². The van der Waals surface area contributed by atoms with Crippen molar-refractivity contribution in [3.63, 3.8) is 0 Å². The summed E-state index contributed by atoms with van der Waals surface area (Å²) in [6.45, 7) is 10.6. The third-order valence-corrected chi connectivity index (χ3v) is 7.33. The fourth-order valence-corrected chi connectivity index (χ4v) is 5.08. The van der Waals surface area contributed by atoms with Crippen LogP contribution in [0.4, 0.5) is 0 Å². The number of hydrogen-bond donors (Lipinski definition) is 0. The van der Waals surface area contributed by atoms with Gasteiger partial charge in [-0.1, -0.05) is 81.4 Å². The summed E-state index contributed by atoms with van der Waals surface area (Å²) in [5.41, 5.74) is 8.54. The predicted octanol–water partition coefficient (Wildman–Crippen LogP) is 9.70. The van der Waals surface area contributed by atoms with Crippen LogP contribution < -0.4 is 9.47 Å². The molecule has 0 saturated heterocycles. The van der Waals surface area contributed by atoms with E-state index in [1.165, 1.54) is 11.1 Å². The van der Waals surface area contributed by atoms with Gasteiger partial charge in [0.2, 0.25) is 5.88 Å². The summed E-state index contributed by atoms with van der Waals surface area (Å²) in [6.07, 6.45) is 1.76. The number of ether oxygens (including phenoxy) is 2. The second-order valence-electron chi connectivity index (χ2n) is 11.5. The van der Waals surface area contributed by atoms with Crippen molar-refractivity contribution in [3.8, 4) is 51.1 Å². The Balaban J connectivity index is 0.00000384.